The van der Waals surface area contributed by atoms with Gasteiger partial charge in [-0.25, -0.2) is 0 Å². The molecule has 0 N–H and O–H groups in total. The van der Waals surface area contributed by atoms with Crippen molar-refractivity contribution in [2.75, 3.05) is 0 Å². The summed E-state index contributed by atoms with van der Waals surface area (Å²) in [4.78, 5) is 3.42. The van der Waals surface area contributed by atoms with Crippen molar-refractivity contribution in [3.05, 3.63) is 99.6 Å². The summed E-state index contributed by atoms with van der Waals surface area (Å²) in [6.45, 7) is 9.02. The van der Waals surface area contributed by atoms with E-state index in [1.807, 2.05) is 0 Å². The van der Waals surface area contributed by atoms with Crippen molar-refractivity contribution in [2.45, 2.75) is 220 Å². The lowest BCUT2D eigenvalue weighted by Gasteiger charge is -2.16. The highest BCUT2D eigenvalue weighted by atomic mass is 14.8. The van der Waals surface area contributed by atoms with Crippen molar-refractivity contribution >= 4 is 11.4 Å². The third kappa shape index (κ3) is 21.8. The molecule has 0 aromatic heterocycles. The Morgan fingerprint density at radius 3 is 1.44 bits per heavy atom. The molecule has 0 aliphatic carbocycles. The normalized spacial score (nSPS) is 11.9. The summed E-state index contributed by atoms with van der Waals surface area (Å²) in [6.07, 6.45) is 44.4. The molecular weight excluding hydrogens is 653 g/mol. The van der Waals surface area contributed by atoms with Gasteiger partial charge in [0.1, 0.15) is 5.57 Å². The van der Waals surface area contributed by atoms with E-state index in [1.54, 1.807) is 0 Å². The van der Waals surface area contributed by atoms with Gasteiger partial charge in [0.15, 0.2) is 0 Å². The van der Waals surface area contributed by atoms with Gasteiger partial charge in [0.05, 0.1) is 0 Å². The summed E-state index contributed by atoms with van der Waals surface area (Å²) >= 11 is 0. The Kier molecular flexibility index (Phi) is 29.2. The van der Waals surface area contributed by atoms with E-state index in [4.69, 9.17) is 0 Å². The molecule has 0 aliphatic rings. The quantitative estimate of drug-likeness (QED) is 0.0226. The number of hydrogen-bond acceptors (Lipinski definition) is 0. The van der Waals surface area contributed by atoms with Crippen LogP contribution in [-0.2, 0) is 12.8 Å². The van der Waals surface area contributed by atoms with Gasteiger partial charge in [-0.2, -0.15) is 0 Å². The van der Waals surface area contributed by atoms with E-state index in [1.165, 1.54) is 200 Å². The summed E-state index contributed by atoms with van der Waals surface area (Å²) in [5, 5.41) is 0. The van der Waals surface area contributed by atoms with E-state index >= 15 is 0 Å². The van der Waals surface area contributed by atoms with Gasteiger partial charge in [0.25, 0.3) is 0 Å². The lowest BCUT2D eigenvalue weighted by molar-refractivity contribution is 0.00766. The van der Waals surface area contributed by atoms with Crippen LogP contribution in [-0.4, -0.2) is 10.7 Å². The molecule has 0 heterocycles. The van der Waals surface area contributed by atoms with Crippen molar-refractivity contribution in [2.24, 2.45) is 0 Å². The first-order valence-electron chi connectivity index (χ1n) is 23.2. The Morgan fingerprint density at radius 2 is 0.981 bits per heavy atom. The zero-order valence-corrected chi connectivity index (χ0v) is 35.9. The van der Waals surface area contributed by atoms with Crippen LogP contribution in [0, 0.1) is 0 Å². The lowest BCUT2D eigenvalue weighted by Crippen LogP contribution is -1.99. The Balaban J connectivity index is 1.75. The standard InChI is InChI=1S/C52H82N2/c1-5-9-12-13-14-15-16-17-18-19-20-21-22-23-24-25-26-27-28-29-30-31-32-33-38-50(45-54-53)51(8-4)52(48-42-40-46(41-43-48)35-10-6-2)49-39-34-37-47(44-49)36-11-7-3/h33-34,37-44H,5-32,35-36H2,1-4H3. The fourth-order valence-electron chi connectivity index (χ4n) is 7.83. The van der Waals surface area contributed by atoms with Gasteiger partial charge in [-0.15, -0.1) is 4.79 Å². The van der Waals surface area contributed by atoms with Crippen LogP contribution < -0.4 is 0 Å². The molecule has 300 valence electrons. The van der Waals surface area contributed by atoms with E-state index in [2.05, 4.69) is 99.0 Å². The third-order valence-corrected chi connectivity index (χ3v) is 11.3. The fraction of sp³-hybridized carbons (Fsp3) is 0.654. The van der Waals surface area contributed by atoms with E-state index in [9.17, 15) is 5.53 Å². The minimum absolute atomic E-state index is 0.827. The van der Waals surface area contributed by atoms with Crippen molar-refractivity contribution < 1.29 is 4.79 Å². The first-order valence-corrected chi connectivity index (χ1v) is 23.2. The van der Waals surface area contributed by atoms with E-state index in [-0.39, 0.29) is 0 Å². The van der Waals surface area contributed by atoms with Gasteiger partial charge >= 0.3 is 5.87 Å². The van der Waals surface area contributed by atoms with E-state index < -0.39 is 0 Å². The van der Waals surface area contributed by atoms with E-state index in [0.717, 1.165) is 31.3 Å². The molecule has 2 heteroatoms. The molecule has 0 saturated heterocycles. The Labute approximate surface area is 335 Å². The molecule has 2 aromatic carbocycles. The summed E-state index contributed by atoms with van der Waals surface area (Å²) in [5.41, 5.74) is 18.2. The minimum atomic E-state index is 0.827. The van der Waals surface area contributed by atoms with Crippen LogP contribution in [0.25, 0.3) is 11.1 Å². The minimum Gasteiger partial charge on any atom is -0.348 e. The van der Waals surface area contributed by atoms with Crippen LogP contribution in [0.4, 0.5) is 0 Å². The number of hydrogen-bond donors (Lipinski definition) is 0. The number of nitrogens with zero attached hydrogens (tertiary/aromatic N) is 2. The molecule has 0 saturated carbocycles. The average molecular weight is 735 g/mol. The highest BCUT2D eigenvalue weighted by Crippen LogP contribution is 2.33. The van der Waals surface area contributed by atoms with Crippen LogP contribution in [0.1, 0.15) is 230 Å². The molecule has 0 aliphatic heterocycles. The molecule has 0 radical (unpaired) electrons. The van der Waals surface area contributed by atoms with Crippen LogP contribution >= 0.6 is 0 Å². The molecule has 0 spiro atoms. The molecule has 0 atom stereocenters. The Hall–Kier alpha value is -2.92. The first-order chi connectivity index (χ1) is 26.7. The molecule has 0 unspecified atom stereocenters. The molecule has 2 nitrogen and oxygen atoms in total. The van der Waals surface area contributed by atoms with Crippen molar-refractivity contribution in [3.8, 4) is 0 Å². The van der Waals surface area contributed by atoms with Crippen LogP contribution in [0.15, 0.2) is 71.8 Å². The SMILES string of the molecule is CCCCCCCCCCCCCCCCCCCCCCCCC=CC(=C=[N+]=[N-])C(CC)=C(c1ccc(CCCC)cc1)c1cccc(CCCC)c1. The van der Waals surface area contributed by atoms with Crippen molar-refractivity contribution in [1.82, 2.24) is 0 Å². The van der Waals surface area contributed by atoms with Gasteiger partial charge in [-0.1, -0.05) is 230 Å². The second-order valence-corrected chi connectivity index (χ2v) is 16.1. The summed E-state index contributed by atoms with van der Waals surface area (Å²) in [6, 6.07) is 18.2. The summed E-state index contributed by atoms with van der Waals surface area (Å²) in [5.74, 6) is 2.96. The van der Waals surface area contributed by atoms with Crippen LogP contribution in [0.2, 0.25) is 0 Å². The lowest BCUT2D eigenvalue weighted by atomic mass is 9.86. The predicted octanol–water partition coefficient (Wildman–Crippen LogP) is 17.0. The highest BCUT2D eigenvalue weighted by Gasteiger charge is 2.16. The van der Waals surface area contributed by atoms with E-state index in [0.29, 0.717) is 0 Å². The predicted molar refractivity (Wildman–Crippen MR) is 240 cm³/mol. The van der Waals surface area contributed by atoms with Crippen LogP contribution in [0.5, 0.6) is 0 Å². The smallest absolute Gasteiger partial charge is 0.307 e. The second-order valence-electron chi connectivity index (χ2n) is 16.1. The second kappa shape index (κ2) is 33.4. The number of benzene rings is 2. The van der Waals surface area contributed by atoms with Gasteiger partial charge in [0, 0.05) is 0 Å². The molecular formula is C52H82N2. The molecule has 54 heavy (non-hydrogen) atoms. The Bertz CT molecular complexity index is 1350. The molecule has 0 amide bonds. The maximum atomic E-state index is 9.69. The van der Waals surface area contributed by atoms with Gasteiger partial charge in [-0.3, -0.25) is 0 Å². The molecule has 2 aromatic rings. The highest BCUT2D eigenvalue weighted by molar-refractivity contribution is 5.88. The monoisotopic (exact) mass is 735 g/mol. The topological polar surface area (TPSA) is 36.4 Å². The van der Waals surface area contributed by atoms with Crippen LogP contribution in [0.3, 0.4) is 0 Å². The molecule has 0 bridgehead atoms. The maximum Gasteiger partial charge on any atom is 0.307 e. The fourth-order valence-corrected chi connectivity index (χ4v) is 7.83. The van der Waals surface area contributed by atoms with Gasteiger partial charge in [0.2, 0.25) is 0 Å². The summed E-state index contributed by atoms with van der Waals surface area (Å²) < 4.78 is 0. The summed E-state index contributed by atoms with van der Waals surface area (Å²) in [7, 11) is 0. The zero-order valence-electron chi connectivity index (χ0n) is 35.9. The first kappa shape index (κ1) is 47.2. The Morgan fingerprint density at radius 1 is 0.519 bits per heavy atom. The zero-order chi connectivity index (χ0) is 38.7. The van der Waals surface area contributed by atoms with Gasteiger partial charge in [-0.05, 0) is 84.4 Å². The third-order valence-electron chi connectivity index (χ3n) is 11.3. The number of aryl methyl sites for hydroxylation is 2. The van der Waals surface area contributed by atoms with Crippen molar-refractivity contribution in [3.63, 3.8) is 0 Å². The maximum absolute atomic E-state index is 9.69. The molecule has 2 rings (SSSR count). The number of allylic oxidation sites excluding steroid dienone is 4. The largest absolute Gasteiger partial charge is 0.348 e. The number of rotatable bonds is 34. The van der Waals surface area contributed by atoms with Gasteiger partial charge < -0.3 is 5.53 Å². The average Bonchev–Trinajstić information content (AvgIpc) is 3.20. The van der Waals surface area contributed by atoms with Crippen molar-refractivity contribution in [1.29, 1.82) is 0 Å². The molecule has 0 fully saturated rings. The number of unbranched alkanes of at least 4 members (excludes halogenated alkanes) is 24.